The van der Waals surface area contributed by atoms with Crippen LogP contribution in [0.3, 0.4) is 0 Å². The fourth-order valence-electron chi connectivity index (χ4n) is 3.97. The van der Waals surface area contributed by atoms with E-state index in [-0.39, 0.29) is 39.6 Å². The van der Waals surface area contributed by atoms with Crippen molar-refractivity contribution < 1.29 is 34.6 Å². The molecule has 0 radical (unpaired) electrons. The van der Waals surface area contributed by atoms with Crippen LogP contribution in [0, 0.1) is 10.1 Å². The number of fused-ring (bicyclic) bond motifs is 1. The van der Waals surface area contributed by atoms with E-state index in [1.807, 2.05) is 24.3 Å². The number of carbonyl (C=O) groups excluding carboxylic acids is 2. The highest BCUT2D eigenvalue weighted by molar-refractivity contribution is 6.00. The zero-order valence-electron chi connectivity index (χ0n) is 23.5. The summed E-state index contributed by atoms with van der Waals surface area (Å²) in [6.07, 6.45) is 4.48. The molecular formula is C31H26N6O8. The normalized spacial score (nSPS) is 10.8. The van der Waals surface area contributed by atoms with E-state index in [0.717, 1.165) is 28.7 Å². The lowest BCUT2D eigenvalue weighted by Crippen LogP contribution is -2.17. The van der Waals surface area contributed by atoms with E-state index in [4.69, 9.17) is 4.74 Å². The third-order valence-corrected chi connectivity index (χ3v) is 6.11. The third-order valence-electron chi connectivity index (χ3n) is 6.11. The van der Waals surface area contributed by atoms with Crippen LogP contribution in [-0.4, -0.2) is 56.6 Å². The molecule has 45 heavy (non-hydrogen) atoms. The number of nitro groups is 1. The number of aromatic hydroxyl groups is 3. The standard InChI is InChI=1S/C16H13N3O3.C15H13N3O5/c20-12-5-10(6-13(21)7-12)16(22)19-18-9-11-8-17-15-4-2-1-3-14(11)15;1-23-11-6-7-12(14(19)8-11)15(20)17-16-9-10-4-2-3-5-13(10)18(21)22/h1-9,17,20-21H,(H,19,22);2-9,19H,1H3,(H,17,20)/b18-9+;16-9+. The van der Waals surface area contributed by atoms with E-state index in [2.05, 4.69) is 26.0 Å². The first kappa shape index (κ1) is 31.2. The number of nitrogens with one attached hydrogen (secondary N) is 3. The number of H-pyrrole nitrogens is 1. The number of benzene rings is 4. The highest BCUT2D eigenvalue weighted by Crippen LogP contribution is 2.23. The molecule has 0 aliphatic heterocycles. The average molecular weight is 611 g/mol. The quantitative estimate of drug-likeness (QED) is 0.0839. The molecule has 5 rings (SSSR count). The Morgan fingerprint density at radius 1 is 0.844 bits per heavy atom. The summed E-state index contributed by atoms with van der Waals surface area (Å²) in [6, 6.07) is 21.5. The minimum absolute atomic E-state index is 0.00510. The first-order valence-corrected chi connectivity index (χ1v) is 13.0. The second kappa shape index (κ2) is 14.5. The van der Waals surface area contributed by atoms with Crippen LogP contribution in [0.2, 0.25) is 0 Å². The highest BCUT2D eigenvalue weighted by atomic mass is 16.6. The Morgan fingerprint density at radius 2 is 1.49 bits per heavy atom. The molecule has 228 valence electrons. The van der Waals surface area contributed by atoms with Crippen molar-refractivity contribution in [2.45, 2.75) is 0 Å². The predicted molar refractivity (Wildman–Crippen MR) is 166 cm³/mol. The second-order valence-electron chi connectivity index (χ2n) is 9.12. The van der Waals surface area contributed by atoms with Gasteiger partial charge in [0.1, 0.15) is 23.0 Å². The van der Waals surface area contributed by atoms with Crippen molar-refractivity contribution in [3.63, 3.8) is 0 Å². The Balaban J connectivity index is 0.000000205. The Hall–Kier alpha value is -6.70. The fraction of sp³-hybridized carbons (Fsp3) is 0.0323. The number of aromatic amines is 1. The van der Waals surface area contributed by atoms with Gasteiger partial charge in [0, 0.05) is 46.4 Å². The zero-order valence-corrected chi connectivity index (χ0v) is 23.5. The van der Waals surface area contributed by atoms with Gasteiger partial charge in [0.2, 0.25) is 0 Å². The summed E-state index contributed by atoms with van der Waals surface area (Å²) in [6.45, 7) is 0. The number of hydrogen-bond donors (Lipinski definition) is 6. The van der Waals surface area contributed by atoms with Gasteiger partial charge in [-0.2, -0.15) is 10.2 Å². The molecule has 0 aliphatic rings. The van der Waals surface area contributed by atoms with E-state index in [1.165, 1.54) is 61.9 Å². The van der Waals surface area contributed by atoms with Gasteiger partial charge >= 0.3 is 0 Å². The van der Waals surface area contributed by atoms with Crippen molar-refractivity contribution in [1.29, 1.82) is 0 Å². The van der Waals surface area contributed by atoms with Crippen LogP contribution in [0.5, 0.6) is 23.0 Å². The molecule has 1 aromatic heterocycles. The number of aromatic nitrogens is 1. The molecule has 0 aliphatic carbocycles. The van der Waals surface area contributed by atoms with Crippen molar-refractivity contribution in [1.82, 2.24) is 15.8 Å². The maximum absolute atomic E-state index is 11.9. The fourth-order valence-corrected chi connectivity index (χ4v) is 3.97. The number of nitro benzene ring substituents is 1. The zero-order chi connectivity index (χ0) is 32.3. The van der Waals surface area contributed by atoms with Crippen molar-refractivity contribution in [2.24, 2.45) is 10.2 Å². The average Bonchev–Trinajstić information content (AvgIpc) is 3.43. The first-order valence-electron chi connectivity index (χ1n) is 13.0. The molecule has 14 nitrogen and oxygen atoms in total. The summed E-state index contributed by atoms with van der Waals surface area (Å²) >= 11 is 0. The van der Waals surface area contributed by atoms with Gasteiger partial charge in [0.15, 0.2) is 0 Å². The molecule has 0 spiro atoms. The Kier molecular flexibility index (Phi) is 10.0. The number of amides is 2. The molecular weight excluding hydrogens is 584 g/mol. The topological polar surface area (TPSA) is 212 Å². The Morgan fingerprint density at radius 3 is 2.18 bits per heavy atom. The van der Waals surface area contributed by atoms with Crippen LogP contribution in [0.4, 0.5) is 5.69 Å². The number of rotatable bonds is 8. The van der Waals surface area contributed by atoms with Crippen molar-refractivity contribution in [3.05, 3.63) is 123 Å². The van der Waals surface area contributed by atoms with Crippen LogP contribution >= 0.6 is 0 Å². The summed E-state index contributed by atoms with van der Waals surface area (Å²) in [5.74, 6) is -1.41. The summed E-state index contributed by atoms with van der Waals surface area (Å²) < 4.78 is 4.92. The SMILES string of the molecule is COc1ccc(C(=O)N/N=C/c2ccccc2[N+](=O)[O-])c(O)c1.O=C(N/N=C/c1c[nH]c2ccccc12)c1cc(O)cc(O)c1. The molecule has 0 saturated carbocycles. The summed E-state index contributed by atoms with van der Waals surface area (Å²) in [5, 5.41) is 47.9. The Labute approximate surface area is 255 Å². The summed E-state index contributed by atoms with van der Waals surface area (Å²) in [7, 11) is 1.44. The van der Waals surface area contributed by atoms with Crippen molar-refractivity contribution >= 4 is 40.8 Å². The number of para-hydroxylation sites is 2. The van der Waals surface area contributed by atoms with E-state index in [0.29, 0.717) is 5.75 Å². The molecule has 2 amide bonds. The van der Waals surface area contributed by atoms with E-state index >= 15 is 0 Å². The van der Waals surface area contributed by atoms with Gasteiger partial charge in [0.05, 0.1) is 35.6 Å². The lowest BCUT2D eigenvalue weighted by atomic mass is 10.2. The monoisotopic (exact) mass is 610 g/mol. The van der Waals surface area contributed by atoms with Crippen LogP contribution in [0.25, 0.3) is 10.9 Å². The second-order valence-corrected chi connectivity index (χ2v) is 9.12. The predicted octanol–water partition coefficient (Wildman–Crippen LogP) is 4.42. The number of hydrogen-bond acceptors (Lipinski definition) is 10. The molecule has 0 atom stereocenters. The summed E-state index contributed by atoms with van der Waals surface area (Å²) in [5.41, 5.74) is 6.62. The number of nitrogens with zero attached hydrogens (tertiary/aromatic N) is 3. The van der Waals surface area contributed by atoms with Gasteiger partial charge < -0.3 is 25.0 Å². The maximum Gasteiger partial charge on any atom is 0.278 e. The number of carbonyl (C=O) groups is 2. The number of ether oxygens (including phenoxy) is 1. The number of methoxy groups -OCH3 is 1. The number of phenols is 3. The van der Waals surface area contributed by atoms with Gasteiger partial charge in [-0.3, -0.25) is 19.7 Å². The third kappa shape index (κ3) is 8.20. The van der Waals surface area contributed by atoms with Crippen LogP contribution in [0.1, 0.15) is 31.8 Å². The van der Waals surface area contributed by atoms with Crippen LogP contribution in [-0.2, 0) is 0 Å². The van der Waals surface area contributed by atoms with Crippen LogP contribution < -0.4 is 15.6 Å². The molecule has 5 aromatic rings. The highest BCUT2D eigenvalue weighted by Gasteiger charge is 2.13. The summed E-state index contributed by atoms with van der Waals surface area (Å²) in [4.78, 5) is 37.2. The molecule has 14 heteroatoms. The van der Waals surface area contributed by atoms with Crippen molar-refractivity contribution in [2.75, 3.05) is 7.11 Å². The Bertz CT molecular complexity index is 1900. The molecule has 0 fully saturated rings. The first-order chi connectivity index (χ1) is 21.7. The largest absolute Gasteiger partial charge is 0.508 e. The molecule has 0 saturated heterocycles. The minimum atomic E-state index is -0.653. The van der Waals surface area contributed by atoms with Gasteiger partial charge in [-0.25, -0.2) is 10.9 Å². The smallest absolute Gasteiger partial charge is 0.278 e. The number of hydrazone groups is 2. The van der Waals surface area contributed by atoms with Gasteiger partial charge in [0.25, 0.3) is 17.5 Å². The van der Waals surface area contributed by atoms with E-state index < -0.39 is 16.7 Å². The lowest BCUT2D eigenvalue weighted by molar-refractivity contribution is -0.385. The van der Waals surface area contributed by atoms with Gasteiger partial charge in [-0.15, -0.1) is 0 Å². The van der Waals surface area contributed by atoms with Gasteiger partial charge in [-0.05, 0) is 36.4 Å². The van der Waals surface area contributed by atoms with Gasteiger partial charge in [-0.1, -0.05) is 30.3 Å². The lowest BCUT2D eigenvalue weighted by Gasteiger charge is -2.05. The molecule has 0 bridgehead atoms. The molecule has 1 heterocycles. The molecule has 6 N–H and O–H groups in total. The van der Waals surface area contributed by atoms with Crippen LogP contribution in [0.15, 0.2) is 101 Å². The molecule has 4 aromatic carbocycles. The minimum Gasteiger partial charge on any atom is -0.508 e. The van der Waals surface area contributed by atoms with Crippen molar-refractivity contribution in [3.8, 4) is 23.0 Å². The number of phenolic OH excluding ortho intramolecular Hbond substituents is 3. The molecule has 0 unspecified atom stereocenters. The van der Waals surface area contributed by atoms with E-state index in [9.17, 15) is 35.0 Å². The van der Waals surface area contributed by atoms with E-state index in [1.54, 1.807) is 12.3 Å². The maximum atomic E-state index is 11.9.